The fourth-order valence-corrected chi connectivity index (χ4v) is 4.06. The summed E-state index contributed by atoms with van der Waals surface area (Å²) in [6, 6.07) is 10.6. The molecule has 2 N–H and O–H groups in total. The first-order chi connectivity index (χ1) is 12.2. The van der Waals surface area contributed by atoms with Crippen LogP contribution in [0.5, 0.6) is 0 Å². The number of nitrogens with zero attached hydrogens (tertiary/aromatic N) is 1. The van der Waals surface area contributed by atoms with Crippen LogP contribution in [0.25, 0.3) is 0 Å². The van der Waals surface area contributed by atoms with Crippen molar-refractivity contribution in [1.82, 2.24) is 4.72 Å². The highest BCUT2D eigenvalue weighted by Gasteiger charge is 2.23. The zero-order valence-electron chi connectivity index (χ0n) is 14.1. The Hall–Kier alpha value is -1.76. The number of benzene rings is 2. The van der Waals surface area contributed by atoms with Gasteiger partial charge in [0.15, 0.2) is 0 Å². The first-order valence-electron chi connectivity index (χ1n) is 7.55. The lowest BCUT2D eigenvalue weighted by Gasteiger charge is -2.14. The van der Waals surface area contributed by atoms with Gasteiger partial charge < -0.3 is 10.1 Å². The molecule has 0 spiro atoms. The SMILES string of the molecule is COCC(C)NS(=O)(=O)c1ccc(Nc2cccc(I)c2)c([N+](=O)[O-])c1. The van der Waals surface area contributed by atoms with E-state index < -0.39 is 21.0 Å². The zero-order chi connectivity index (χ0) is 19.3. The van der Waals surface area contributed by atoms with Crippen LogP contribution in [-0.2, 0) is 14.8 Å². The molecule has 0 bridgehead atoms. The van der Waals surface area contributed by atoms with E-state index in [1.165, 1.54) is 19.2 Å². The van der Waals surface area contributed by atoms with Crippen molar-refractivity contribution in [2.24, 2.45) is 0 Å². The van der Waals surface area contributed by atoms with Gasteiger partial charge in [0.05, 0.1) is 16.4 Å². The summed E-state index contributed by atoms with van der Waals surface area (Å²) in [5.41, 5.74) is 0.550. The van der Waals surface area contributed by atoms with Crippen molar-refractivity contribution in [1.29, 1.82) is 0 Å². The number of nitrogens with one attached hydrogen (secondary N) is 2. The Balaban J connectivity index is 2.35. The van der Waals surface area contributed by atoms with Crippen LogP contribution in [0.3, 0.4) is 0 Å². The van der Waals surface area contributed by atoms with E-state index in [1.807, 2.05) is 18.2 Å². The Labute approximate surface area is 165 Å². The van der Waals surface area contributed by atoms with Gasteiger partial charge in [0.25, 0.3) is 5.69 Å². The number of nitro groups is 1. The Morgan fingerprint density at radius 2 is 2.00 bits per heavy atom. The number of anilines is 2. The quantitative estimate of drug-likeness (QED) is 0.333. The van der Waals surface area contributed by atoms with Gasteiger partial charge in [-0.2, -0.15) is 0 Å². The highest BCUT2D eigenvalue weighted by atomic mass is 127. The van der Waals surface area contributed by atoms with Crippen molar-refractivity contribution >= 4 is 49.7 Å². The van der Waals surface area contributed by atoms with Gasteiger partial charge in [-0.15, -0.1) is 0 Å². The van der Waals surface area contributed by atoms with Crippen LogP contribution in [0.4, 0.5) is 17.1 Å². The van der Waals surface area contributed by atoms with Gasteiger partial charge in [-0.3, -0.25) is 10.1 Å². The van der Waals surface area contributed by atoms with Crippen molar-refractivity contribution < 1.29 is 18.1 Å². The van der Waals surface area contributed by atoms with Crippen molar-refractivity contribution in [3.05, 3.63) is 56.1 Å². The van der Waals surface area contributed by atoms with E-state index in [2.05, 4.69) is 32.6 Å². The molecule has 2 rings (SSSR count). The second kappa shape index (κ2) is 8.75. The topological polar surface area (TPSA) is 111 Å². The number of ether oxygens (including phenoxy) is 1. The fourth-order valence-electron chi connectivity index (χ4n) is 2.27. The molecular formula is C16H18IN3O5S. The second-order valence-corrected chi connectivity index (χ2v) is 8.51. The molecule has 2 aromatic carbocycles. The Kier molecular flexibility index (Phi) is 6.92. The maximum Gasteiger partial charge on any atom is 0.294 e. The minimum absolute atomic E-state index is 0.180. The standard InChI is InChI=1S/C16H18IN3O5S/c1-11(10-25-2)19-26(23,24)14-6-7-15(16(9-14)20(21)22)18-13-5-3-4-12(17)8-13/h3-9,11,18-19H,10H2,1-2H3. The molecule has 0 aliphatic carbocycles. The average molecular weight is 491 g/mol. The molecule has 0 aromatic heterocycles. The average Bonchev–Trinajstić information content (AvgIpc) is 2.54. The molecule has 1 unspecified atom stereocenters. The lowest BCUT2D eigenvalue weighted by molar-refractivity contribution is -0.384. The normalized spacial score (nSPS) is 12.6. The summed E-state index contributed by atoms with van der Waals surface area (Å²) in [5, 5.41) is 14.4. The van der Waals surface area contributed by atoms with Gasteiger partial charge >= 0.3 is 0 Å². The van der Waals surface area contributed by atoms with E-state index in [0.29, 0.717) is 5.69 Å². The molecule has 0 saturated carbocycles. The molecule has 8 nitrogen and oxygen atoms in total. The summed E-state index contributed by atoms with van der Waals surface area (Å²) in [7, 11) is -2.44. The maximum absolute atomic E-state index is 12.4. The van der Waals surface area contributed by atoms with E-state index in [9.17, 15) is 18.5 Å². The van der Waals surface area contributed by atoms with Crippen LogP contribution in [0, 0.1) is 13.7 Å². The molecule has 0 aliphatic rings. The molecule has 0 fully saturated rings. The Morgan fingerprint density at radius 1 is 1.27 bits per heavy atom. The summed E-state index contributed by atoms with van der Waals surface area (Å²) >= 11 is 2.13. The van der Waals surface area contributed by atoms with Gasteiger partial charge in [-0.05, 0) is 59.8 Å². The first-order valence-corrected chi connectivity index (χ1v) is 10.1. The molecule has 0 heterocycles. The molecule has 2 aromatic rings. The van der Waals surface area contributed by atoms with E-state index in [-0.39, 0.29) is 22.9 Å². The van der Waals surface area contributed by atoms with Crippen LogP contribution in [0.2, 0.25) is 0 Å². The van der Waals surface area contributed by atoms with E-state index in [1.54, 1.807) is 13.0 Å². The largest absolute Gasteiger partial charge is 0.383 e. The maximum atomic E-state index is 12.4. The number of rotatable bonds is 8. The number of halogens is 1. The van der Waals surface area contributed by atoms with Crippen LogP contribution in [0.1, 0.15) is 6.92 Å². The molecule has 0 amide bonds. The minimum atomic E-state index is -3.90. The number of hydrogen-bond acceptors (Lipinski definition) is 6. The Morgan fingerprint density at radius 3 is 2.62 bits per heavy atom. The van der Waals surface area contributed by atoms with Gasteiger partial charge in [-0.1, -0.05) is 6.07 Å². The molecule has 0 radical (unpaired) electrons. The van der Waals surface area contributed by atoms with Crippen molar-refractivity contribution in [3.63, 3.8) is 0 Å². The van der Waals surface area contributed by atoms with E-state index in [4.69, 9.17) is 4.74 Å². The predicted octanol–water partition coefficient (Wildman–Crippen LogP) is 3.26. The molecule has 26 heavy (non-hydrogen) atoms. The van der Waals surface area contributed by atoms with Crippen LogP contribution in [0.15, 0.2) is 47.4 Å². The molecule has 140 valence electrons. The highest BCUT2D eigenvalue weighted by molar-refractivity contribution is 14.1. The smallest absolute Gasteiger partial charge is 0.294 e. The van der Waals surface area contributed by atoms with Gasteiger partial charge in [-0.25, -0.2) is 13.1 Å². The van der Waals surface area contributed by atoms with Gasteiger partial charge in [0.2, 0.25) is 10.0 Å². The lowest BCUT2D eigenvalue weighted by atomic mass is 10.2. The van der Waals surface area contributed by atoms with Crippen molar-refractivity contribution in [2.45, 2.75) is 17.9 Å². The van der Waals surface area contributed by atoms with E-state index in [0.717, 1.165) is 9.64 Å². The molecular weight excluding hydrogens is 473 g/mol. The number of methoxy groups -OCH3 is 1. The van der Waals surface area contributed by atoms with Gasteiger partial charge in [0, 0.05) is 28.5 Å². The predicted molar refractivity (Wildman–Crippen MR) is 107 cm³/mol. The molecule has 10 heteroatoms. The van der Waals surface area contributed by atoms with Crippen molar-refractivity contribution in [3.8, 4) is 0 Å². The summed E-state index contributed by atoms with van der Waals surface area (Å²) in [4.78, 5) is 10.6. The summed E-state index contributed by atoms with van der Waals surface area (Å²) in [6.07, 6.45) is 0. The summed E-state index contributed by atoms with van der Waals surface area (Å²) in [6.45, 7) is 1.83. The zero-order valence-corrected chi connectivity index (χ0v) is 17.1. The van der Waals surface area contributed by atoms with Gasteiger partial charge in [0.1, 0.15) is 5.69 Å². The Bertz CT molecular complexity index is 905. The van der Waals surface area contributed by atoms with Crippen LogP contribution in [-0.4, -0.2) is 33.1 Å². The number of hydrogen-bond donors (Lipinski definition) is 2. The second-order valence-electron chi connectivity index (χ2n) is 5.55. The van der Waals surface area contributed by atoms with Crippen LogP contribution < -0.4 is 10.0 Å². The van der Waals surface area contributed by atoms with E-state index >= 15 is 0 Å². The summed E-state index contributed by atoms with van der Waals surface area (Å²) < 4.78 is 33.1. The minimum Gasteiger partial charge on any atom is -0.383 e. The number of sulfonamides is 1. The lowest BCUT2D eigenvalue weighted by Crippen LogP contribution is -2.35. The third kappa shape index (κ3) is 5.37. The third-order valence-electron chi connectivity index (χ3n) is 3.35. The monoisotopic (exact) mass is 491 g/mol. The molecule has 1 atom stereocenters. The fraction of sp³-hybridized carbons (Fsp3) is 0.250. The molecule has 0 saturated heterocycles. The summed E-state index contributed by atoms with van der Waals surface area (Å²) in [5.74, 6) is 0. The van der Waals surface area contributed by atoms with Crippen LogP contribution >= 0.6 is 22.6 Å². The first kappa shape index (κ1) is 20.6. The van der Waals surface area contributed by atoms with Crippen molar-refractivity contribution in [2.75, 3.05) is 19.0 Å². The highest BCUT2D eigenvalue weighted by Crippen LogP contribution is 2.30. The number of nitro benzene ring substituents is 1. The molecule has 0 aliphatic heterocycles. The third-order valence-corrected chi connectivity index (χ3v) is 5.61.